The van der Waals surface area contributed by atoms with Gasteiger partial charge in [-0.25, -0.2) is 13.4 Å². The predicted molar refractivity (Wildman–Crippen MR) is 47.7 cm³/mol. The van der Waals surface area contributed by atoms with E-state index in [-0.39, 0.29) is 11.6 Å². The van der Waals surface area contributed by atoms with Gasteiger partial charge in [-0.05, 0) is 0 Å². The summed E-state index contributed by atoms with van der Waals surface area (Å²) in [6.45, 7) is 0. The first-order valence-corrected chi connectivity index (χ1v) is 5.10. The van der Waals surface area contributed by atoms with E-state index in [0.717, 1.165) is 12.5 Å². The van der Waals surface area contributed by atoms with Gasteiger partial charge in [0.15, 0.2) is 0 Å². The summed E-state index contributed by atoms with van der Waals surface area (Å²) in [5, 5.41) is 0. The summed E-state index contributed by atoms with van der Waals surface area (Å²) in [6.07, 6.45) is 2.02. The number of nitrogens with two attached hydrogens (primary N) is 1. The maximum absolute atomic E-state index is 10.9. The van der Waals surface area contributed by atoms with Crippen molar-refractivity contribution in [2.24, 2.45) is 0 Å². The van der Waals surface area contributed by atoms with Gasteiger partial charge in [0.25, 0.3) is 5.56 Å². The van der Waals surface area contributed by atoms with Crippen LogP contribution in [0.15, 0.2) is 11.0 Å². The first-order chi connectivity index (χ1) is 5.88. The van der Waals surface area contributed by atoms with Crippen molar-refractivity contribution in [2.45, 2.75) is 0 Å². The lowest BCUT2D eigenvalue weighted by Gasteiger charge is -2.01. The van der Waals surface area contributed by atoms with Crippen LogP contribution in [0.4, 0.5) is 11.6 Å². The fraction of sp³-hybridized carbons (Fsp3) is 0.200. The number of hydrogen-bond donors (Lipinski definition) is 3. The topological polar surface area (TPSA) is 118 Å². The fourth-order valence-corrected chi connectivity index (χ4v) is 1.09. The number of aromatic amines is 1. The van der Waals surface area contributed by atoms with Crippen LogP contribution in [0.1, 0.15) is 0 Å². The molecule has 0 radical (unpaired) electrons. The maximum Gasteiger partial charge on any atom is 0.275 e. The van der Waals surface area contributed by atoms with E-state index in [2.05, 4.69) is 9.97 Å². The van der Waals surface area contributed by atoms with Crippen molar-refractivity contribution < 1.29 is 8.42 Å². The van der Waals surface area contributed by atoms with Crippen molar-refractivity contribution in [3.63, 3.8) is 0 Å². The molecule has 0 aliphatic carbocycles. The first kappa shape index (κ1) is 9.52. The summed E-state index contributed by atoms with van der Waals surface area (Å²) in [5.74, 6) is -0.151. The number of rotatable bonds is 2. The normalized spacial score (nSPS) is 11.2. The lowest BCUT2D eigenvalue weighted by atomic mass is 10.5. The van der Waals surface area contributed by atoms with Gasteiger partial charge >= 0.3 is 0 Å². The molecule has 72 valence electrons. The molecule has 0 aliphatic heterocycles. The zero-order chi connectivity index (χ0) is 10.1. The van der Waals surface area contributed by atoms with Crippen molar-refractivity contribution in [3.05, 3.63) is 16.6 Å². The van der Waals surface area contributed by atoms with E-state index in [4.69, 9.17) is 5.73 Å². The standard InChI is InChI=1S/C5H8N4O3S/c1-13(11,12)9-5-7-2-3(6)4(10)8-5/h2H,6H2,1H3,(H2,7,8,9,10). The Kier molecular flexibility index (Phi) is 2.24. The predicted octanol–water partition coefficient (Wildman–Crippen LogP) is -1.28. The molecule has 8 heteroatoms. The van der Waals surface area contributed by atoms with Crippen LogP contribution in [-0.4, -0.2) is 24.6 Å². The summed E-state index contributed by atoms with van der Waals surface area (Å²) in [7, 11) is -3.43. The second-order valence-electron chi connectivity index (χ2n) is 2.39. The maximum atomic E-state index is 10.9. The number of nitrogen functional groups attached to an aromatic ring is 1. The SMILES string of the molecule is CS(=O)(=O)Nc1ncc(N)c(=O)[nH]1. The van der Waals surface area contributed by atoms with Crippen LogP contribution in [0.3, 0.4) is 0 Å². The Labute approximate surface area is 74.0 Å². The van der Waals surface area contributed by atoms with E-state index in [1.807, 2.05) is 4.72 Å². The van der Waals surface area contributed by atoms with Crippen molar-refractivity contribution in [2.75, 3.05) is 16.7 Å². The van der Waals surface area contributed by atoms with Crippen LogP contribution >= 0.6 is 0 Å². The zero-order valence-corrected chi connectivity index (χ0v) is 7.55. The molecule has 1 rings (SSSR count). The molecule has 0 aromatic carbocycles. The van der Waals surface area contributed by atoms with Crippen molar-refractivity contribution >= 4 is 21.7 Å². The fourth-order valence-electron chi connectivity index (χ4n) is 0.632. The summed E-state index contributed by atoms with van der Waals surface area (Å²) < 4.78 is 23.4. The van der Waals surface area contributed by atoms with E-state index >= 15 is 0 Å². The number of nitrogens with one attached hydrogen (secondary N) is 2. The third-order valence-corrected chi connectivity index (χ3v) is 1.67. The minimum atomic E-state index is -3.43. The molecule has 1 heterocycles. The van der Waals surface area contributed by atoms with Gasteiger partial charge in [-0.3, -0.25) is 14.5 Å². The monoisotopic (exact) mass is 204 g/mol. The zero-order valence-electron chi connectivity index (χ0n) is 6.73. The Morgan fingerprint density at radius 2 is 2.23 bits per heavy atom. The van der Waals surface area contributed by atoms with Crippen molar-refractivity contribution in [1.29, 1.82) is 0 Å². The molecule has 4 N–H and O–H groups in total. The molecule has 0 saturated carbocycles. The summed E-state index contributed by atoms with van der Waals surface area (Å²) in [4.78, 5) is 16.6. The first-order valence-electron chi connectivity index (χ1n) is 3.21. The van der Waals surface area contributed by atoms with Crippen LogP contribution in [0, 0.1) is 0 Å². The largest absolute Gasteiger partial charge is 0.393 e. The molecule has 0 spiro atoms. The quantitative estimate of drug-likeness (QED) is 0.554. The lowest BCUT2D eigenvalue weighted by Crippen LogP contribution is -2.18. The number of aromatic nitrogens is 2. The van der Waals surface area contributed by atoms with Gasteiger partial charge in [0.2, 0.25) is 16.0 Å². The van der Waals surface area contributed by atoms with Gasteiger partial charge in [0.05, 0.1) is 12.5 Å². The molecule has 0 amide bonds. The number of anilines is 2. The van der Waals surface area contributed by atoms with E-state index in [1.54, 1.807) is 0 Å². The van der Waals surface area contributed by atoms with Gasteiger partial charge in [0, 0.05) is 0 Å². The molecule has 0 atom stereocenters. The third kappa shape index (κ3) is 2.75. The van der Waals surface area contributed by atoms with Crippen LogP contribution in [0.5, 0.6) is 0 Å². The highest BCUT2D eigenvalue weighted by Crippen LogP contribution is 1.97. The van der Waals surface area contributed by atoms with Gasteiger partial charge in [-0.2, -0.15) is 0 Å². The molecule has 7 nitrogen and oxygen atoms in total. The second kappa shape index (κ2) is 3.05. The van der Waals surface area contributed by atoms with Gasteiger partial charge in [-0.15, -0.1) is 0 Å². The highest BCUT2D eigenvalue weighted by Gasteiger charge is 2.04. The average molecular weight is 204 g/mol. The number of sulfonamides is 1. The number of H-pyrrole nitrogens is 1. The van der Waals surface area contributed by atoms with Crippen LogP contribution in [0.25, 0.3) is 0 Å². The lowest BCUT2D eigenvalue weighted by molar-refractivity contribution is 0.606. The number of nitrogens with zero attached hydrogens (tertiary/aromatic N) is 1. The molecule has 13 heavy (non-hydrogen) atoms. The van der Waals surface area contributed by atoms with Gasteiger partial charge in [0.1, 0.15) is 5.69 Å². The molecule has 0 unspecified atom stereocenters. The van der Waals surface area contributed by atoms with E-state index in [9.17, 15) is 13.2 Å². The Balaban J connectivity index is 3.06. The van der Waals surface area contributed by atoms with Gasteiger partial charge < -0.3 is 5.73 Å². The van der Waals surface area contributed by atoms with Crippen LogP contribution < -0.4 is 16.0 Å². The van der Waals surface area contributed by atoms with Crippen LogP contribution in [-0.2, 0) is 10.0 Å². The molecule has 1 aromatic heterocycles. The Bertz CT molecular complexity index is 463. The Morgan fingerprint density at radius 3 is 2.69 bits per heavy atom. The van der Waals surface area contributed by atoms with Gasteiger partial charge in [-0.1, -0.05) is 0 Å². The average Bonchev–Trinajstić information content (AvgIpc) is 1.94. The van der Waals surface area contributed by atoms with E-state index in [0.29, 0.717) is 0 Å². The van der Waals surface area contributed by atoms with Crippen molar-refractivity contribution in [3.8, 4) is 0 Å². The molecule has 0 aliphatic rings. The Morgan fingerprint density at radius 1 is 1.62 bits per heavy atom. The minimum absolute atomic E-state index is 0.0703. The molecular weight excluding hydrogens is 196 g/mol. The molecule has 0 saturated heterocycles. The molecular formula is C5H8N4O3S. The number of hydrogen-bond acceptors (Lipinski definition) is 5. The smallest absolute Gasteiger partial charge is 0.275 e. The highest BCUT2D eigenvalue weighted by molar-refractivity contribution is 7.91. The summed E-state index contributed by atoms with van der Waals surface area (Å²) in [6, 6.07) is 0. The summed E-state index contributed by atoms with van der Waals surface area (Å²) >= 11 is 0. The third-order valence-electron chi connectivity index (χ3n) is 1.11. The van der Waals surface area contributed by atoms with E-state index < -0.39 is 15.6 Å². The van der Waals surface area contributed by atoms with Crippen LogP contribution in [0.2, 0.25) is 0 Å². The molecule has 0 bridgehead atoms. The summed E-state index contributed by atoms with van der Waals surface area (Å²) in [5.41, 5.74) is 4.52. The minimum Gasteiger partial charge on any atom is -0.393 e. The second-order valence-corrected chi connectivity index (χ2v) is 4.14. The Hall–Kier alpha value is -1.57. The molecule has 1 aromatic rings. The van der Waals surface area contributed by atoms with Crippen molar-refractivity contribution in [1.82, 2.24) is 9.97 Å². The molecule has 0 fully saturated rings. The highest BCUT2D eigenvalue weighted by atomic mass is 32.2. The van der Waals surface area contributed by atoms with E-state index in [1.165, 1.54) is 0 Å².